The zero-order chi connectivity index (χ0) is 12.3. The van der Waals surface area contributed by atoms with Gasteiger partial charge < -0.3 is 10.3 Å². The molecule has 4 nitrogen and oxygen atoms in total. The molecule has 0 saturated carbocycles. The summed E-state index contributed by atoms with van der Waals surface area (Å²) in [5.74, 6) is 0. The van der Waals surface area contributed by atoms with Crippen molar-refractivity contribution in [2.24, 2.45) is 0 Å². The molecule has 0 aliphatic rings. The predicted octanol–water partition coefficient (Wildman–Crippen LogP) is 2.70. The van der Waals surface area contributed by atoms with E-state index in [-0.39, 0.29) is 5.56 Å². The minimum absolute atomic E-state index is 0.185. The Morgan fingerprint density at radius 2 is 2.00 bits per heavy atom. The van der Waals surface area contributed by atoms with Crippen LogP contribution in [0.3, 0.4) is 0 Å². The van der Waals surface area contributed by atoms with Gasteiger partial charge in [0.05, 0.1) is 5.56 Å². The first-order valence-corrected chi connectivity index (χ1v) is 5.74. The number of rotatable bonds is 3. The van der Waals surface area contributed by atoms with Crippen LogP contribution in [0.5, 0.6) is 0 Å². The molecule has 2 aromatic rings. The van der Waals surface area contributed by atoms with Crippen LogP contribution in [0.4, 0.5) is 5.69 Å². The fraction of sp³-hybridized carbons (Fsp3) is 0.0909. The second kappa shape index (κ2) is 5.16. The van der Waals surface area contributed by atoms with Gasteiger partial charge in [-0.25, -0.2) is 0 Å². The molecule has 3 N–H and O–H groups in total. The summed E-state index contributed by atoms with van der Waals surface area (Å²) in [4.78, 5) is 16.8. The Morgan fingerprint density at radius 3 is 2.65 bits per heavy atom. The van der Waals surface area contributed by atoms with Crippen molar-refractivity contribution in [3.05, 3.63) is 56.2 Å². The smallest absolute Gasteiger partial charge is 0.256 e. The monoisotopic (exact) mass is 267 g/mol. The van der Waals surface area contributed by atoms with Gasteiger partial charge in [0.15, 0.2) is 4.77 Å². The first-order chi connectivity index (χ1) is 8.15. The summed E-state index contributed by atoms with van der Waals surface area (Å²) in [5.41, 5.74) is 1.31. The first kappa shape index (κ1) is 11.9. The van der Waals surface area contributed by atoms with E-state index < -0.39 is 0 Å². The summed E-state index contributed by atoms with van der Waals surface area (Å²) in [6.45, 7) is 0.420. The van der Waals surface area contributed by atoms with Crippen molar-refractivity contribution in [3.8, 4) is 0 Å². The molecule has 2 rings (SSSR count). The SMILES string of the molecule is O=c1[nH]c(=S)[nH]cc1CNc1ccc(Cl)cc1. The maximum atomic E-state index is 11.5. The van der Waals surface area contributed by atoms with Crippen LogP contribution in [-0.4, -0.2) is 9.97 Å². The third-order valence-electron chi connectivity index (χ3n) is 2.22. The van der Waals surface area contributed by atoms with Crippen LogP contribution < -0.4 is 10.9 Å². The third kappa shape index (κ3) is 3.18. The topological polar surface area (TPSA) is 60.7 Å². The number of hydrogen-bond donors (Lipinski definition) is 3. The molecule has 0 fully saturated rings. The van der Waals surface area contributed by atoms with Crippen LogP contribution in [0.25, 0.3) is 0 Å². The summed E-state index contributed by atoms with van der Waals surface area (Å²) in [7, 11) is 0. The second-order valence-electron chi connectivity index (χ2n) is 3.46. The van der Waals surface area contributed by atoms with Crippen molar-refractivity contribution < 1.29 is 0 Å². The second-order valence-corrected chi connectivity index (χ2v) is 4.30. The van der Waals surface area contributed by atoms with Crippen LogP contribution in [0.1, 0.15) is 5.56 Å². The molecule has 0 aliphatic carbocycles. The number of aromatic nitrogens is 2. The van der Waals surface area contributed by atoms with E-state index in [0.717, 1.165) is 5.69 Å². The van der Waals surface area contributed by atoms with Gasteiger partial charge in [-0.05, 0) is 36.5 Å². The minimum Gasteiger partial charge on any atom is -0.381 e. The third-order valence-corrected chi connectivity index (χ3v) is 2.70. The average molecular weight is 268 g/mol. The van der Waals surface area contributed by atoms with Gasteiger partial charge in [-0.1, -0.05) is 11.6 Å². The lowest BCUT2D eigenvalue weighted by Crippen LogP contribution is -2.16. The fourth-order valence-electron chi connectivity index (χ4n) is 1.33. The van der Waals surface area contributed by atoms with E-state index in [1.165, 1.54) is 0 Å². The molecular formula is C11H10ClN3OS. The lowest BCUT2D eigenvalue weighted by atomic mass is 10.3. The number of anilines is 1. The van der Waals surface area contributed by atoms with Gasteiger partial charge in [-0.3, -0.25) is 9.78 Å². The summed E-state index contributed by atoms with van der Waals surface area (Å²) in [6, 6.07) is 7.27. The molecule has 0 amide bonds. The van der Waals surface area contributed by atoms with Crippen molar-refractivity contribution in [2.75, 3.05) is 5.32 Å². The quantitative estimate of drug-likeness (QED) is 0.750. The zero-order valence-electron chi connectivity index (χ0n) is 8.79. The molecule has 17 heavy (non-hydrogen) atoms. The van der Waals surface area contributed by atoms with Gasteiger partial charge in [-0.15, -0.1) is 0 Å². The van der Waals surface area contributed by atoms with Gasteiger partial charge in [-0.2, -0.15) is 0 Å². The Balaban J connectivity index is 2.10. The summed E-state index contributed by atoms with van der Waals surface area (Å²) < 4.78 is 0.324. The summed E-state index contributed by atoms with van der Waals surface area (Å²) >= 11 is 10.6. The Bertz CT molecular complexity index is 618. The Labute approximate surface area is 108 Å². The number of benzene rings is 1. The van der Waals surface area contributed by atoms with Crippen LogP contribution in [0.2, 0.25) is 5.02 Å². The number of H-pyrrole nitrogens is 2. The standard InChI is InChI=1S/C11H10ClN3OS/c12-8-1-3-9(4-2-8)13-5-7-6-14-11(17)15-10(7)16/h1-4,6,13H,5H2,(H2,14,15,16,17). The molecule has 0 bridgehead atoms. The van der Waals surface area contributed by atoms with Crippen molar-refractivity contribution in [2.45, 2.75) is 6.54 Å². The summed E-state index contributed by atoms with van der Waals surface area (Å²) in [5, 5.41) is 3.79. The number of hydrogen-bond acceptors (Lipinski definition) is 3. The molecule has 1 aromatic heterocycles. The van der Waals surface area contributed by atoms with Crippen LogP contribution in [-0.2, 0) is 6.54 Å². The lowest BCUT2D eigenvalue weighted by Gasteiger charge is -2.05. The molecule has 0 saturated heterocycles. The Hall–Kier alpha value is -1.59. The van der Waals surface area contributed by atoms with Gasteiger partial charge in [0.1, 0.15) is 0 Å². The Morgan fingerprint density at radius 1 is 1.29 bits per heavy atom. The molecule has 1 aromatic carbocycles. The van der Waals surface area contributed by atoms with Crippen molar-refractivity contribution in [1.29, 1.82) is 0 Å². The molecule has 6 heteroatoms. The molecule has 0 unspecified atom stereocenters. The van der Waals surface area contributed by atoms with Crippen LogP contribution in [0, 0.1) is 4.77 Å². The highest BCUT2D eigenvalue weighted by molar-refractivity contribution is 7.71. The van der Waals surface area contributed by atoms with Crippen molar-refractivity contribution in [1.82, 2.24) is 9.97 Å². The number of aromatic amines is 2. The highest BCUT2D eigenvalue weighted by atomic mass is 35.5. The molecule has 0 spiro atoms. The van der Waals surface area contributed by atoms with Crippen LogP contribution in [0.15, 0.2) is 35.3 Å². The van der Waals surface area contributed by atoms with E-state index in [1.807, 2.05) is 12.1 Å². The van der Waals surface area contributed by atoms with E-state index in [4.69, 9.17) is 23.8 Å². The maximum absolute atomic E-state index is 11.5. The van der Waals surface area contributed by atoms with Crippen molar-refractivity contribution in [3.63, 3.8) is 0 Å². The van der Waals surface area contributed by atoms with Crippen LogP contribution >= 0.6 is 23.8 Å². The van der Waals surface area contributed by atoms with Gasteiger partial charge in [0, 0.05) is 23.5 Å². The predicted molar refractivity (Wildman–Crippen MR) is 71.0 cm³/mol. The van der Waals surface area contributed by atoms with E-state index in [2.05, 4.69) is 15.3 Å². The largest absolute Gasteiger partial charge is 0.381 e. The van der Waals surface area contributed by atoms with E-state index in [1.54, 1.807) is 18.3 Å². The highest BCUT2D eigenvalue weighted by Gasteiger charge is 1.99. The zero-order valence-corrected chi connectivity index (χ0v) is 10.4. The highest BCUT2D eigenvalue weighted by Crippen LogP contribution is 2.13. The van der Waals surface area contributed by atoms with E-state index in [0.29, 0.717) is 21.9 Å². The van der Waals surface area contributed by atoms with Gasteiger partial charge in [0.2, 0.25) is 0 Å². The van der Waals surface area contributed by atoms with Gasteiger partial charge >= 0.3 is 0 Å². The summed E-state index contributed by atoms with van der Waals surface area (Å²) in [6.07, 6.45) is 1.60. The average Bonchev–Trinajstić information content (AvgIpc) is 2.30. The minimum atomic E-state index is -0.185. The molecular weight excluding hydrogens is 258 g/mol. The fourth-order valence-corrected chi connectivity index (χ4v) is 1.61. The number of halogens is 1. The van der Waals surface area contributed by atoms with E-state index in [9.17, 15) is 4.79 Å². The molecule has 0 aliphatic heterocycles. The molecule has 1 heterocycles. The maximum Gasteiger partial charge on any atom is 0.256 e. The van der Waals surface area contributed by atoms with Crippen molar-refractivity contribution >= 4 is 29.5 Å². The number of nitrogens with one attached hydrogen (secondary N) is 3. The van der Waals surface area contributed by atoms with E-state index >= 15 is 0 Å². The molecule has 0 atom stereocenters. The van der Waals surface area contributed by atoms with Gasteiger partial charge in [0.25, 0.3) is 5.56 Å². The normalized spacial score (nSPS) is 10.2. The lowest BCUT2D eigenvalue weighted by molar-refractivity contribution is 0.995. The Kier molecular flexibility index (Phi) is 3.61. The molecule has 88 valence electrons. The first-order valence-electron chi connectivity index (χ1n) is 4.95. The molecule has 0 radical (unpaired) electrons.